The van der Waals surface area contributed by atoms with Gasteiger partial charge in [-0.15, -0.1) is 11.8 Å². The van der Waals surface area contributed by atoms with Gasteiger partial charge in [-0.2, -0.15) is 0 Å². The van der Waals surface area contributed by atoms with Crippen molar-refractivity contribution in [1.82, 2.24) is 0 Å². The molecular formula is C42H40Br2O8. The Kier molecular flexibility index (Phi) is 15.2. The molecule has 2 fully saturated rings. The molecule has 4 heterocycles. The summed E-state index contributed by atoms with van der Waals surface area (Å²) in [5, 5.41) is 0. The van der Waals surface area contributed by atoms with Gasteiger partial charge in [-0.1, -0.05) is 84.3 Å². The topological polar surface area (TPSA) is 73.8 Å². The Morgan fingerprint density at radius 3 is 1.42 bits per heavy atom. The lowest BCUT2D eigenvalue weighted by molar-refractivity contribution is -0.279. The molecule has 0 spiro atoms. The molecule has 0 amide bonds. The molecule has 270 valence electrons. The van der Waals surface area contributed by atoms with E-state index in [9.17, 15) is 0 Å². The van der Waals surface area contributed by atoms with Crippen molar-refractivity contribution in [3.63, 3.8) is 0 Å². The minimum Gasteiger partial charge on any atom is -0.492 e. The van der Waals surface area contributed by atoms with Crippen LogP contribution in [0, 0.1) is 47.4 Å². The van der Waals surface area contributed by atoms with E-state index in [1.54, 1.807) is 12.5 Å². The Labute approximate surface area is 323 Å². The van der Waals surface area contributed by atoms with Crippen molar-refractivity contribution >= 4 is 31.9 Å². The highest BCUT2D eigenvalue weighted by Gasteiger charge is 2.44. The fraction of sp³-hybridized carbons (Fsp3) is 0.429. The zero-order valence-corrected chi connectivity index (χ0v) is 31.8. The van der Waals surface area contributed by atoms with E-state index < -0.39 is 12.6 Å². The molecule has 2 aromatic carbocycles. The van der Waals surface area contributed by atoms with E-state index in [2.05, 4.69) is 79.2 Å². The normalized spacial score (nSPS) is 27.3. The predicted molar refractivity (Wildman–Crippen MR) is 202 cm³/mol. The molecule has 0 bridgehead atoms. The van der Waals surface area contributed by atoms with Crippen LogP contribution in [0.4, 0.5) is 0 Å². The monoisotopic (exact) mass is 830 g/mol. The summed E-state index contributed by atoms with van der Waals surface area (Å²) in [7, 11) is 0. The first-order valence-electron chi connectivity index (χ1n) is 17.4. The first kappa shape index (κ1) is 38.2. The van der Waals surface area contributed by atoms with Crippen LogP contribution >= 0.6 is 31.9 Å². The number of ether oxygens (including phenoxy) is 8. The third kappa shape index (κ3) is 11.0. The average Bonchev–Trinajstić information content (AvgIpc) is 3.19. The molecule has 10 heteroatoms. The maximum atomic E-state index is 6.25. The van der Waals surface area contributed by atoms with Crippen LogP contribution in [-0.2, 0) is 37.9 Å². The number of unbranched alkanes of at least 4 members (excludes halogenated alkanes) is 4. The molecule has 0 N–H and O–H groups in total. The molecule has 0 saturated carbocycles. The van der Waals surface area contributed by atoms with Gasteiger partial charge in [0.15, 0.2) is 24.8 Å². The standard InChI is InChI=1S/C42H40Br2O8/c43-33-27-47-35-29-49-41(31-21-15-13-16-22-31)51-39(35)37(33)45-25-19-11-9-7-5-3-1-2-4-6-8-10-12-20-26-46-38-34(44)28-48-36-30-50-42(52-40(36)38)32-23-17-14-18-24-32/h13-18,21-24,27-28,35-42H,5-10,25-26,29-30H2/t35-,36-,37-,38-,39-,40-,41+,42+/m1/s1. The van der Waals surface area contributed by atoms with Crippen molar-refractivity contribution in [2.45, 2.75) is 87.7 Å². The Bertz CT molecular complexity index is 1640. The molecule has 4 aliphatic heterocycles. The molecule has 0 radical (unpaired) electrons. The summed E-state index contributed by atoms with van der Waals surface area (Å²) < 4.78 is 49.6. The van der Waals surface area contributed by atoms with E-state index in [4.69, 9.17) is 37.9 Å². The van der Waals surface area contributed by atoms with Gasteiger partial charge >= 0.3 is 0 Å². The van der Waals surface area contributed by atoms with Crippen molar-refractivity contribution < 1.29 is 37.9 Å². The van der Waals surface area contributed by atoms with Crippen LogP contribution in [-0.4, -0.2) is 63.1 Å². The van der Waals surface area contributed by atoms with Crippen LogP contribution in [0.5, 0.6) is 0 Å². The van der Waals surface area contributed by atoms with Crippen LogP contribution in [0.1, 0.15) is 62.2 Å². The van der Waals surface area contributed by atoms with Crippen LogP contribution in [0.3, 0.4) is 0 Å². The highest BCUT2D eigenvalue weighted by molar-refractivity contribution is 9.12. The number of hydrogen-bond acceptors (Lipinski definition) is 8. The van der Waals surface area contributed by atoms with Crippen molar-refractivity contribution in [3.05, 3.63) is 93.3 Å². The quantitative estimate of drug-likeness (QED) is 0.179. The summed E-state index contributed by atoms with van der Waals surface area (Å²) in [6.45, 7) is 1.42. The Morgan fingerprint density at radius 2 is 0.981 bits per heavy atom. The van der Waals surface area contributed by atoms with E-state index >= 15 is 0 Å². The summed E-state index contributed by atoms with van der Waals surface area (Å²) in [6.07, 6.45) is 5.38. The SMILES string of the molecule is BrC1=CO[C@@H]2CO[C@H](c3ccccc3)O[C@H]2[C@@H]1OCC#CCCCC#CC#CCCCC#CCO[C@@H]1C(Br)=CO[C@@H]2CO[C@H](c3ccccc3)O[C@@H]12. The Hall–Kier alpha value is -3.52. The molecule has 8 nitrogen and oxygen atoms in total. The molecule has 4 aliphatic rings. The minimum atomic E-state index is -0.463. The fourth-order valence-corrected chi connectivity index (χ4v) is 6.82. The summed E-state index contributed by atoms with van der Waals surface area (Å²) in [6, 6.07) is 19.7. The van der Waals surface area contributed by atoms with E-state index in [0.29, 0.717) is 13.2 Å². The lowest BCUT2D eigenvalue weighted by Crippen LogP contribution is -2.51. The van der Waals surface area contributed by atoms with Gasteiger partial charge in [-0.25, -0.2) is 0 Å². The summed E-state index contributed by atoms with van der Waals surface area (Å²) in [5.74, 6) is 24.7. The van der Waals surface area contributed by atoms with Gasteiger partial charge in [-0.05, 0) is 56.5 Å². The number of fused-ring (bicyclic) bond motifs is 2. The molecular weight excluding hydrogens is 792 g/mol. The van der Waals surface area contributed by atoms with Gasteiger partial charge in [0, 0.05) is 36.8 Å². The largest absolute Gasteiger partial charge is 0.492 e. The lowest BCUT2D eigenvalue weighted by Gasteiger charge is -2.41. The lowest BCUT2D eigenvalue weighted by atomic mass is 10.0. The Morgan fingerprint density at radius 1 is 0.558 bits per heavy atom. The molecule has 0 aromatic heterocycles. The van der Waals surface area contributed by atoms with Gasteiger partial charge in [0.05, 0.1) is 34.7 Å². The second-order valence-corrected chi connectivity index (χ2v) is 14.0. The average molecular weight is 833 g/mol. The molecule has 0 unspecified atom stereocenters. The number of halogens is 2. The van der Waals surface area contributed by atoms with Crippen LogP contribution in [0.2, 0.25) is 0 Å². The van der Waals surface area contributed by atoms with E-state index in [1.165, 1.54) is 0 Å². The van der Waals surface area contributed by atoms with Gasteiger partial charge in [0.25, 0.3) is 0 Å². The third-order valence-corrected chi connectivity index (χ3v) is 9.76. The number of benzene rings is 2. The zero-order chi connectivity index (χ0) is 35.8. The van der Waals surface area contributed by atoms with Crippen molar-refractivity contribution in [3.8, 4) is 47.4 Å². The maximum Gasteiger partial charge on any atom is 0.184 e. The molecule has 2 aromatic rings. The molecule has 52 heavy (non-hydrogen) atoms. The number of rotatable bonds is 10. The second-order valence-electron chi connectivity index (χ2n) is 12.2. The van der Waals surface area contributed by atoms with Crippen molar-refractivity contribution in [2.24, 2.45) is 0 Å². The third-order valence-electron chi connectivity index (χ3n) is 8.48. The molecule has 2 saturated heterocycles. The van der Waals surface area contributed by atoms with Gasteiger partial charge in [-0.3, -0.25) is 0 Å². The molecule has 6 rings (SSSR count). The second kappa shape index (κ2) is 20.6. The van der Waals surface area contributed by atoms with E-state index in [0.717, 1.165) is 58.6 Å². The molecule has 0 aliphatic carbocycles. The van der Waals surface area contributed by atoms with E-state index in [1.807, 2.05) is 60.7 Å². The van der Waals surface area contributed by atoms with Gasteiger partial charge in [0.2, 0.25) is 0 Å². The first-order valence-corrected chi connectivity index (χ1v) is 19.0. The van der Waals surface area contributed by atoms with Crippen LogP contribution < -0.4 is 0 Å². The minimum absolute atomic E-state index is 0.240. The highest BCUT2D eigenvalue weighted by atomic mass is 79.9. The van der Waals surface area contributed by atoms with Crippen molar-refractivity contribution in [2.75, 3.05) is 26.4 Å². The highest BCUT2D eigenvalue weighted by Crippen LogP contribution is 2.37. The van der Waals surface area contributed by atoms with Crippen LogP contribution in [0.25, 0.3) is 0 Å². The van der Waals surface area contributed by atoms with E-state index in [-0.39, 0.29) is 49.8 Å². The zero-order valence-electron chi connectivity index (χ0n) is 28.6. The summed E-state index contributed by atoms with van der Waals surface area (Å²) in [4.78, 5) is 0. The first-order chi connectivity index (χ1) is 25.7. The summed E-state index contributed by atoms with van der Waals surface area (Å²) in [5.41, 5.74) is 1.92. The fourth-order valence-electron chi connectivity index (χ4n) is 5.82. The van der Waals surface area contributed by atoms with Crippen LogP contribution in [0.15, 0.2) is 82.2 Å². The maximum absolute atomic E-state index is 6.25. The Balaban J connectivity index is 0.820. The molecule has 8 atom stereocenters. The summed E-state index contributed by atoms with van der Waals surface area (Å²) >= 11 is 7.13. The number of hydrogen-bond donors (Lipinski definition) is 0. The van der Waals surface area contributed by atoms with Crippen molar-refractivity contribution in [1.29, 1.82) is 0 Å². The smallest absolute Gasteiger partial charge is 0.184 e. The van der Waals surface area contributed by atoms with Gasteiger partial charge < -0.3 is 37.9 Å². The van der Waals surface area contributed by atoms with Gasteiger partial charge in [0.1, 0.15) is 37.6 Å². The predicted octanol–water partition coefficient (Wildman–Crippen LogP) is 7.61.